The summed E-state index contributed by atoms with van der Waals surface area (Å²) in [5, 5.41) is 12.2. The molecule has 0 aliphatic rings. The van der Waals surface area contributed by atoms with Gasteiger partial charge in [0, 0.05) is 0 Å². The second kappa shape index (κ2) is 8.26. The zero-order valence-corrected chi connectivity index (χ0v) is 13.3. The number of carbonyl (C=O) groups is 2. The number of hydrogen-bond acceptors (Lipinski definition) is 4. The monoisotopic (exact) mass is 309 g/mol. The smallest absolute Gasteiger partial charge is 0.407 e. The predicted molar refractivity (Wildman–Crippen MR) is 81.9 cm³/mol. The predicted octanol–water partition coefficient (Wildman–Crippen LogP) is 2.84. The van der Waals surface area contributed by atoms with Crippen molar-refractivity contribution in [3.8, 4) is 5.75 Å². The Morgan fingerprint density at radius 1 is 1.23 bits per heavy atom. The van der Waals surface area contributed by atoms with Crippen LogP contribution in [-0.2, 0) is 9.53 Å². The van der Waals surface area contributed by atoms with E-state index in [9.17, 15) is 14.7 Å². The molecule has 0 bridgehead atoms. The van der Waals surface area contributed by atoms with E-state index >= 15 is 0 Å². The van der Waals surface area contributed by atoms with Gasteiger partial charge in [-0.2, -0.15) is 0 Å². The van der Waals surface area contributed by atoms with Crippen molar-refractivity contribution < 1.29 is 24.2 Å². The molecule has 0 aliphatic carbocycles. The third-order valence-electron chi connectivity index (χ3n) is 3.39. The molecule has 122 valence electrons. The molecule has 22 heavy (non-hydrogen) atoms. The molecule has 0 heterocycles. The van der Waals surface area contributed by atoms with Crippen molar-refractivity contribution >= 4 is 12.1 Å². The van der Waals surface area contributed by atoms with Crippen molar-refractivity contribution in [2.75, 3.05) is 13.7 Å². The molecule has 0 unspecified atom stereocenters. The Balaban J connectivity index is 3.12. The van der Waals surface area contributed by atoms with E-state index in [1.54, 1.807) is 38.3 Å². The standard InChI is InChI=1S/C16H23NO5/c1-5-22-16(20)17-14(13(10(2)3)15(18)19)11-6-8-12(21-4)9-7-11/h6-10,13-14H,5H2,1-4H3,(H,17,20)(H,18,19)/t13-,14-/m1/s1. The van der Waals surface area contributed by atoms with Crippen molar-refractivity contribution in [3.63, 3.8) is 0 Å². The van der Waals surface area contributed by atoms with Gasteiger partial charge in [-0.15, -0.1) is 0 Å². The summed E-state index contributed by atoms with van der Waals surface area (Å²) in [6.45, 7) is 5.53. The quantitative estimate of drug-likeness (QED) is 0.809. The number of nitrogens with one attached hydrogen (secondary N) is 1. The number of rotatable bonds is 7. The molecular formula is C16H23NO5. The first-order chi connectivity index (χ1) is 10.4. The van der Waals surface area contributed by atoms with Crippen LogP contribution in [0.5, 0.6) is 5.75 Å². The third kappa shape index (κ3) is 4.65. The average molecular weight is 309 g/mol. The van der Waals surface area contributed by atoms with Crippen LogP contribution in [0.3, 0.4) is 0 Å². The molecule has 0 radical (unpaired) electrons. The van der Waals surface area contributed by atoms with E-state index < -0.39 is 24.0 Å². The highest BCUT2D eigenvalue weighted by Crippen LogP contribution is 2.29. The summed E-state index contributed by atoms with van der Waals surface area (Å²) in [5.74, 6) is -1.23. The fourth-order valence-electron chi connectivity index (χ4n) is 2.30. The van der Waals surface area contributed by atoms with E-state index in [-0.39, 0.29) is 12.5 Å². The number of carbonyl (C=O) groups excluding carboxylic acids is 1. The fourth-order valence-corrected chi connectivity index (χ4v) is 2.30. The molecule has 2 atom stereocenters. The van der Waals surface area contributed by atoms with E-state index in [0.29, 0.717) is 11.3 Å². The normalized spacial score (nSPS) is 13.3. The molecular weight excluding hydrogens is 286 g/mol. The first-order valence-electron chi connectivity index (χ1n) is 7.20. The zero-order chi connectivity index (χ0) is 16.7. The summed E-state index contributed by atoms with van der Waals surface area (Å²) >= 11 is 0. The largest absolute Gasteiger partial charge is 0.497 e. The fraction of sp³-hybridized carbons (Fsp3) is 0.500. The molecule has 1 aromatic rings. The van der Waals surface area contributed by atoms with Gasteiger partial charge in [-0.25, -0.2) is 4.79 Å². The van der Waals surface area contributed by atoms with Crippen LogP contribution in [0.25, 0.3) is 0 Å². The highest BCUT2D eigenvalue weighted by atomic mass is 16.5. The lowest BCUT2D eigenvalue weighted by Crippen LogP contribution is -2.39. The maximum absolute atomic E-state index is 11.7. The third-order valence-corrected chi connectivity index (χ3v) is 3.39. The summed E-state index contributed by atoms with van der Waals surface area (Å²) in [4.78, 5) is 23.3. The number of carboxylic acids is 1. The topological polar surface area (TPSA) is 84.9 Å². The Bertz CT molecular complexity index is 498. The van der Waals surface area contributed by atoms with Crippen molar-refractivity contribution in [2.45, 2.75) is 26.8 Å². The number of carboxylic acid groups (broad SMARTS) is 1. The van der Waals surface area contributed by atoms with Crippen molar-refractivity contribution in [2.24, 2.45) is 11.8 Å². The zero-order valence-electron chi connectivity index (χ0n) is 13.3. The summed E-state index contributed by atoms with van der Waals surface area (Å²) in [5.41, 5.74) is 0.690. The Kier molecular flexibility index (Phi) is 6.69. The maximum atomic E-state index is 11.7. The highest BCUT2D eigenvalue weighted by Gasteiger charge is 2.33. The molecule has 1 rings (SSSR count). The van der Waals surface area contributed by atoms with E-state index in [2.05, 4.69) is 5.32 Å². The van der Waals surface area contributed by atoms with E-state index in [1.807, 2.05) is 13.8 Å². The molecule has 0 saturated heterocycles. The van der Waals surface area contributed by atoms with Crippen LogP contribution in [0.1, 0.15) is 32.4 Å². The molecule has 0 saturated carbocycles. The first kappa shape index (κ1) is 17.8. The van der Waals surface area contributed by atoms with Gasteiger partial charge in [0.15, 0.2) is 0 Å². The van der Waals surface area contributed by atoms with Gasteiger partial charge >= 0.3 is 12.1 Å². The van der Waals surface area contributed by atoms with Gasteiger partial charge in [0.25, 0.3) is 0 Å². The Hall–Kier alpha value is -2.24. The van der Waals surface area contributed by atoms with E-state index in [4.69, 9.17) is 9.47 Å². The molecule has 1 aromatic carbocycles. The van der Waals surface area contributed by atoms with Gasteiger partial charge in [0.2, 0.25) is 0 Å². The first-order valence-corrected chi connectivity index (χ1v) is 7.20. The minimum Gasteiger partial charge on any atom is -0.497 e. The number of benzene rings is 1. The van der Waals surface area contributed by atoms with Gasteiger partial charge in [-0.1, -0.05) is 26.0 Å². The lowest BCUT2D eigenvalue weighted by atomic mass is 9.84. The van der Waals surface area contributed by atoms with Crippen LogP contribution in [0.2, 0.25) is 0 Å². The number of amides is 1. The van der Waals surface area contributed by atoms with Crippen LogP contribution in [0.15, 0.2) is 24.3 Å². The summed E-state index contributed by atoms with van der Waals surface area (Å²) in [7, 11) is 1.55. The molecule has 2 N–H and O–H groups in total. The van der Waals surface area contributed by atoms with Crippen molar-refractivity contribution in [3.05, 3.63) is 29.8 Å². The molecule has 0 aliphatic heterocycles. The minimum absolute atomic E-state index is 0.161. The second-order valence-corrected chi connectivity index (χ2v) is 5.22. The number of ether oxygens (including phenoxy) is 2. The minimum atomic E-state index is -0.965. The highest BCUT2D eigenvalue weighted by molar-refractivity contribution is 5.74. The Labute approximate surface area is 130 Å². The van der Waals surface area contributed by atoms with E-state index in [0.717, 1.165) is 0 Å². The van der Waals surface area contributed by atoms with Crippen molar-refractivity contribution in [1.29, 1.82) is 0 Å². The summed E-state index contributed by atoms with van der Waals surface area (Å²) in [6, 6.07) is 6.27. The van der Waals surface area contributed by atoms with E-state index in [1.165, 1.54) is 0 Å². The SMILES string of the molecule is CCOC(=O)N[C@H](c1ccc(OC)cc1)[C@H](C(=O)O)C(C)C. The Morgan fingerprint density at radius 2 is 1.82 bits per heavy atom. The van der Waals surface area contributed by atoms with Crippen LogP contribution in [-0.4, -0.2) is 30.9 Å². The van der Waals surface area contributed by atoms with Gasteiger partial charge in [0.05, 0.1) is 25.7 Å². The van der Waals surface area contributed by atoms with Gasteiger partial charge in [-0.3, -0.25) is 4.79 Å². The molecule has 1 amide bonds. The van der Waals surface area contributed by atoms with Gasteiger partial charge < -0.3 is 19.9 Å². The second-order valence-electron chi connectivity index (χ2n) is 5.22. The van der Waals surface area contributed by atoms with Gasteiger partial charge in [-0.05, 0) is 30.5 Å². The molecule has 0 fully saturated rings. The molecule has 0 spiro atoms. The van der Waals surface area contributed by atoms with Crippen LogP contribution >= 0.6 is 0 Å². The number of hydrogen-bond donors (Lipinski definition) is 2. The average Bonchev–Trinajstić information content (AvgIpc) is 2.46. The van der Waals surface area contributed by atoms with Gasteiger partial charge in [0.1, 0.15) is 5.75 Å². The maximum Gasteiger partial charge on any atom is 0.407 e. The Morgan fingerprint density at radius 3 is 2.23 bits per heavy atom. The van der Waals surface area contributed by atoms with Crippen molar-refractivity contribution in [1.82, 2.24) is 5.32 Å². The molecule has 0 aromatic heterocycles. The van der Waals surface area contributed by atoms with Crippen LogP contribution in [0, 0.1) is 11.8 Å². The number of alkyl carbamates (subject to hydrolysis) is 1. The lowest BCUT2D eigenvalue weighted by Gasteiger charge is -2.28. The number of aliphatic carboxylic acids is 1. The summed E-state index contributed by atoms with van der Waals surface area (Å²) in [6.07, 6.45) is -0.629. The molecule has 6 heteroatoms. The molecule has 6 nitrogen and oxygen atoms in total. The summed E-state index contributed by atoms with van der Waals surface area (Å²) < 4.78 is 9.98. The van der Waals surface area contributed by atoms with Crippen LogP contribution in [0.4, 0.5) is 4.79 Å². The van der Waals surface area contributed by atoms with Crippen LogP contribution < -0.4 is 10.1 Å². The lowest BCUT2D eigenvalue weighted by molar-refractivity contribution is -0.144. The number of methoxy groups -OCH3 is 1.